The van der Waals surface area contributed by atoms with Crippen molar-refractivity contribution in [1.82, 2.24) is 0 Å². The SMILES string of the molecule is Cc1ccc(S(=O)(=O)Nc2ccc(Cl)c(C(=O)Nc3ccc(S(=O)(=O)Nc4ccccc4Cl)cc3)c2)cc1. The average Bonchev–Trinajstić information content (AvgIpc) is 2.87. The van der Waals surface area contributed by atoms with E-state index in [1.807, 2.05) is 6.92 Å². The Morgan fingerprint density at radius 1 is 0.658 bits per heavy atom. The highest BCUT2D eigenvalue weighted by Crippen LogP contribution is 2.26. The summed E-state index contributed by atoms with van der Waals surface area (Å²) in [6.45, 7) is 1.85. The van der Waals surface area contributed by atoms with Crippen molar-refractivity contribution in [2.45, 2.75) is 16.7 Å². The number of hydrogen-bond acceptors (Lipinski definition) is 5. The molecule has 0 heterocycles. The summed E-state index contributed by atoms with van der Waals surface area (Å²) in [7, 11) is -7.81. The molecule has 0 atom stereocenters. The molecule has 0 unspecified atom stereocenters. The van der Waals surface area contributed by atoms with Gasteiger partial charge in [-0.05, 0) is 73.7 Å². The fourth-order valence-corrected chi connectivity index (χ4v) is 5.93. The molecular weight excluding hydrogens is 569 g/mol. The van der Waals surface area contributed by atoms with Crippen molar-refractivity contribution in [1.29, 1.82) is 0 Å². The molecule has 0 saturated heterocycles. The Bertz CT molecular complexity index is 1710. The summed E-state index contributed by atoms with van der Waals surface area (Å²) in [4.78, 5) is 12.9. The molecule has 0 aliphatic carbocycles. The van der Waals surface area contributed by atoms with Crippen molar-refractivity contribution < 1.29 is 21.6 Å². The summed E-state index contributed by atoms with van der Waals surface area (Å²) >= 11 is 12.2. The van der Waals surface area contributed by atoms with Crippen LogP contribution in [-0.4, -0.2) is 22.7 Å². The van der Waals surface area contributed by atoms with E-state index in [4.69, 9.17) is 23.2 Å². The Hall–Kier alpha value is -3.57. The standard InChI is InChI=1S/C26H21Cl2N3O5S2/c1-17-6-11-20(12-7-17)37(33,34)30-19-10-15-23(27)22(16-19)26(32)29-18-8-13-21(14-9-18)38(35,36)31-25-5-3-2-4-24(25)28/h2-16,30-31H,1H3,(H,29,32). The number of sulfonamides is 2. The van der Waals surface area contributed by atoms with Gasteiger partial charge in [-0.1, -0.05) is 53.0 Å². The van der Waals surface area contributed by atoms with Crippen LogP contribution in [0.3, 0.4) is 0 Å². The van der Waals surface area contributed by atoms with Crippen molar-refractivity contribution in [3.8, 4) is 0 Å². The quantitative estimate of drug-likeness (QED) is 0.227. The zero-order valence-electron chi connectivity index (χ0n) is 19.8. The molecule has 0 fully saturated rings. The lowest BCUT2D eigenvalue weighted by molar-refractivity contribution is 0.102. The topological polar surface area (TPSA) is 121 Å². The molecule has 1 amide bonds. The number of carbonyl (C=O) groups excluding carboxylic acids is 1. The highest BCUT2D eigenvalue weighted by Gasteiger charge is 2.18. The number of hydrogen-bond donors (Lipinski definition) is 3. The van der Waals surface area contributed by atoms with Crippen molar-refractivity contribution in [3.63, 3.8) is 0 Å². The fourth-order valence-electron chi connectivity index (χ4n) is 3.36. The minimum Gasteiger partial charge on any atom is -0.322 e. The molecule has 0 saturated carbocycles. The molecule has 4 aromatic carbocycles. The van der Waals surface area contributed by atoms with Crippen LogP contribution in [0.2, 0.25) is 10.0 Å². The van der Waals surface area contributed by atoms with E-state index < -0.39 is 26.0 Å². The minimum absolute atomic E-state index is 0.0212. The summed E-state index contributed by atoms with van der Waals surface area (Å²) in [5.74, 6) is -0.615. The van der Waals surface area contributed by atoms with Crippen LogP contribution >= 0.6 is 23.2 Å². The molecule has 196 valence electrons. The average molecular weight is 591 g/mol. The summed E-state index contributed by atoms with van der Waals surface area (Å²) in [6.07, 6.45) is 0. The van der Waals surface area contributed by atoms with Gasteiger partial charge in [-0.3, -0.25) is 14.2 Å². The second kappa shape index (κ2) is 11.0. The van der Waals surface area contributed by atoms with Crippen LogP contribution in [0.5, 0.6) is 0 Å². The molecule has 0 spiro atoms. The number of anilines is 3. The summed E-state index contributed by atoms with van der Waals surface area (Å²) in [5.41, 5.74) is 1.62. The van der Waals surface area contributed by atoms with Gasteiger partial charge in [0.25, 0.3) is 26.0 Å². The first-order valence-electron chi connectivity index (χ1n) is 11.0. The van der Waals surface area contributed by atoms with Gasteiger partial charge < -0.3 is 5.32 Å². The number of halogens is 2. The fraction of sp³-hybridized carbons (Fsp3) is 0.0385. The predicted octanol–water partition coefficient (Wildman–Crippen LogP) is 6.16. The van der Waals surface area contributed by atoms with E-state index >= 15 is 0 Å². The lowest BCUT2D eigenvalue weighted by atomic mass is 10.2. The molecule has 4 rings (SSSR count). The third-order valence-corrected chi connectivity index (χ3v) is 8.77. The largest absolute Gasteiger partial charge is 0.322 e. The Labute approximate surface area is 230 Å². The maximum Gasteiger partial charge on any atom is 0.261 e. The molecule has 0 bridgehead atoms. The van der Waals surface area contributed by atoms with Crippen molar-refractivity contribution in [3.05, 3.63) is 112 Å². The zero-order chi connectivity index (χ0) is 27.5. The Morgan fingerprint density at radius 2 is 1.21 bits per heavy atom. The number of para-hydroxylation sites is 1. The van der Waals surface area contributed by atoms with E-state index in [-0.39, 0.29) is 36.8 Å². The molecular formula is C26H21Cl2N3O5S2. The van der Waals surface area contributed by atoms with Gasteiger partial charge in [0.1, 0.15) is 0 Å². The number of benzene rings is 4. The van der Waals surface area contributed by atoms with E-state index in [2.05, 4.69) is 14.8 Å². The number of nitrogens with one attached hydrogen (secondary N) is 3. The van der Waals surface area contributed by atoms with Crippen molar-refractivity contribution in [2.24, 2.45) is 0 Å². The van der Waals surface area contributed by atoms with Gasteiger partial charge in [0.15, 0.2) is 0 Å². The van der Waals surface area contributed by atoms with Gasteiger partial charge >= 0.3 is 0 Å². The first-order valence-corrected chi connectivity index (χ1v) is 14.7. The molecule has 0 aliphatic rings. The van der Waals surface area contributed by atoms with Crippen LogP contribution in [0.25, 0.3) is 0 Å². The Kier molecular flexibility index (Phi) is 7.98. The van der Waals surface area contributed by atoms with Gasteiger partial charge in [-0.15, -0.1) is 0 Å². The highest BCUT2D eigenvalue weighted by atomic mass is 35.5. The van der Waals surface area contributed by atoms with E-state index in [0.717, 1.165) is 5.56 Å². The molecule has 0 aliphatic heterocycles. The number of carbonyl (C=O) groups is 1. The summed E-state index contributed by atoms with van der Waals surface area (Å²) < 4.78 is 55.7. The third-order valence-electron chi connectivity index (χ3n) is 5.34. The number of amides is 1. The first-order chi connectivity index (χ1) is 17.9. The predicted molar refractivity (Wildman–Crippen MR) is 150 cm³/mol. The van der Waals surface area contributed by atoms with Gasteiger partial charge in [0.05, 0.1) is 31.1 Å². The zero-order valence-corrected chi connectivity index (χ0v) is 22.9. The number of rotatable bonds is 8. The van der Waals surface area contributed by atoms with Crippen LogP contribution in [0.4, 0.5) is 17.1 Å². The van der Waals surface area contributed by atoms with Crippen LogP contribution in [0.1, 0.15) is 15.9 Å². The summed E-state index contributed by atoms with van der Waals surface area (Å²) in [6, 6.07) is 22.4. The van der Waals surface area contributed by atoms with E-state index in [9.17, 15) is 21.6 Å². The Balaban J connectivity index is 1.49. The van der Waals surface area contributed by atoms with Gasteiger partial charge in [0, 0.05) is 11.4 Å². The second-order valence-electron chi connectivity index (χ2n) is 8.18. The lowest BCUT2D eigenvalue weighted by Crippen LogP contribution is -2.16. The van der Waals surface area contributed by atoms with Crippen LogP contribution in [0, 0.1) is 6.92 Å². The summed E-state index contributed by atoms with van der Waals surface area (Å²) in [5, 5.41) is 2.98. The molecule has 12 heteroatoms. The lowest BCUT2D eigenvalue weighted by Gasteiger charge is -2.12. The van der Waals surface area contributed by atoms with E-state index in [0.29, 0.717) is 5.69 Å². The molecule has 3 N–H and O–H groups in total. The molecule has 4 aromatic rings. The normalized spacial score (nSPS) is 11.6. The molecule has 38 heavy (non-hydrogen) atoms. The van der Waals surface area contributed by atoms with E-state index in [1.165, 1.54) is 60.7 Å². The maximum atomic E-state index is 12.9. The van der Waals surface area contributed by atoms with E-state index in [1.54, 1.807) is 30.3 Å². The minimum atomic E-state index is -3.92. The maximum absolute atomic E-state index is 12.9. The molecule has 0 radical (unpaired) electrons. The number of aryl methyl sites for hydroxylation is 1. The van der Waals surface area contributed by atoms with Crippen LogP contribution in [0.15, 0.2) is 101 Å². The van der Waals surface area contributed by atoms with Crippen molar-refractivity contribution >= 4 is 66.2 Å². The van der Waals surface area contributed by atoms with Gasteiger partial charge in [-0.25, -0.2) is 16.8 Å². The first kappa shape index (κ1) is 27.5. The third kappa shape index (κ3) is 6.46. The van der Waals surface area contributed by atoms with Crippen LogP contribution in [-0.2, 0) is 20.0 Å². The van der Waals surface area contributed by atoms with Gasteiger partial charge in [0.2, 0.25) is 0 Å². The molecule has 0 aromatic heterocycles. The van der Waals surface area contributed by atoms with Gasteiger partial charge in [-0.2, -0.15) is 0 Å². The van der Waals surface area contributed by atoms with Crippen molar-refractivity contribution in [2.75, 3.05) is 14.8 Å². The highest BCUT2D eigenvalue weighted by molar-refractivity contribution is 7.93. The van der Waals surface area contributed by atoms with Crippen LogP contribution < -0.4 is 14.8 Å². The Morgan fingerprint density at radius 3 is 1.84 bits per heavy atom. The molecule has 8 nitrogen and oxygen atoms in total. The second-order valence-corrected chi connectivity index (χ2v) is 12.4. The monoisotopic (exact) mass is 589 g/mol. The smallest absolute Gasteiger partial charge is 0.261 e.